The molecule has 0 aliphatic rings. The summed E-state index contributed by atoms with van der Waals surface area (Å²) in [7, 11) is 0. The summed E-state index contributed by atoms with van der Waals surface area (Å²) in [5.74, 6) is 1.78. The molecule has 9 nitrogen and oxygen atoms in total. The van der Waals surface area contributed by atoms with Crippen molar-refractivity contribution in [3.63, 3.8) is 0 Å². The standard InChI is InChI=1S/C30H30N6O3/c1-19-11-20(12-28(38)35-23-16-34-36(17-23)30(2,3)4)5-8-26(19)39-27-9-10-31-25-7-6-22(13-24(25)27)29-32-14-21(18-37)15-33-29/h5-11,13-17,37H,12,18H2,1-4H3,(H,35,38). The van der Waals surface area contributed by atoms with Crippen LogP contribution in [0.1, 0.15) is 37.5 Å². The summed E-state index contributed by atoms with van der Waals surface area (Å²) in [5, 5.41) is 17.3. The molecule has 198 valence electrons. The number of hydrogen-bond donors (Lipinski definition) is 2. The molecule has 0 saturated heterocycles. The van der Waals surface area contributed by atoms with E-state index in [0.717, 1.165) is 27.6 Å². The molecule has 0 spiro atoms. The second-order valence-electron chi connectivity index (χ2n) is 10.4. The molecule has 3 aromatic heterocycles. The molecule has 1 amide bonds. The average molecular weight is 523 g/mol. The normalized spacial score (nSPS) is 11.5. The van der Waals surface area contributed by atoms with Crippen LogP contribution in [0, 0.1) is 6.92 Å². The Bertz CT molecular complexity index is 1640. The first-order chi connectivity index (χ1) is 18.7. The molecule has 0 saturated carbocycles. The molecule has 9 heteroatoms. The van der Waals surface area contributed by atoms with Crippen molar-refractivity contribution in [3.8, 4) is 22.9 Å². The monoisotopic (exact) mass is 522 g/mol. The fourth-order valence-electron chi connectivity index (χ4n) is 4.13. The molecule has 0 aliphatic heterocycles. The minimum absolute atomic E-state index is 0.105. The van der Waals surface area contributed by atoms with Crippen molar-refractivity contribution in [1.82, 2.24) is 24.7 Å². The number of carbonyl (C=O) groups excluding carboxylic acids is 1. The maximum absolute atomic E-state index is 12.7. The van der Waals surface area contributed by atoms with E-state index in [1.807, 2.05) is 60.3 Å². The van der Waals surface area contributed by atoms with Gasteiger partial charge < -0.3 is 15.2 Å². The lowest BCUT2D eigenvalue weighted by molar-refractivity contribution is -0.115. The number of amides is 1. The highest BCUT2D eigenvalue weighted by Crippen LogP contribution is 2.33. The minimum Gasteiger partial charge on any atom is -0.456 e. The topological polar surface area (TPSA) is 115 Å². The Morgan fingerprint density at radius 3 is 2.46 bits per heavy atom. The van der Waals surface area contributed by atoms with Crippen molar-refractivity contribution in [3.05, 3.63) is 90.1 Å². The van der Waals surface area contributed by atoms with Crippen molar-refractivity contribution < 1.29 is 14.6 Å². The molecule has 0 unspecified atom stereocenters. The third kappa shape index (κ3) is 5.94. The van der Waals surface area contributed by atoms with E-state index in [2.05, 4.69) is 46.1 Å². The Morgan fingerprint density at radius 2 is 1.77 bits per heavy atom. The predicted molar refractivity (Wildman–Crippen MR) is 150 cm³/mol. The first-order valence-electron chi connectivity index (χ1n) is 12.6. The van der Waals surface area contributed by atoms with Gasteiger partial charge in [0, 0.05) is 41.3 Å². The SMILES string of the molecule is Cc1cc(CC(=O)Nc2cnn(C(C)(C)C)c2)ccc1Oc1ccnc2ccc(-c3ncc(CO)cn3)cc12. The number of ether oxygens (including phenoxy) is 1. The van der Waals surface area contributed by atoms with Crippen molar-refractivity contribution in [1.29, 1.82) is 0 Å². The van der Waals surface area contributed by atoms with Gasteiger partial charge in [-0.25, -0.2) is 9.97 Å². The van der Waals surface area contributed by atoms with Gasteiger partial charge in [0.05, 0.1) is 36.0 Å². The fraction of sp³-hybridized carbons (Fsp3) is 0.233. The molecule has 0 atom stereocenters. The lowest BCUT2D eigenvalue weighted by Crippen LogP contribution is -2.22. The van der Waals surface area contributed by atoms with Gasteiger partial charge in [-0.2, -0.15) is 5.10 Å². The molecular formula is C30H30N6O3. The summed E-state index contributed by atoms with van der Waals surface area (Å²) >= 11 is 0. The molecular weight excluding hydrogens is 492 g/mol. The number of rotatable bonds is 7. The summed E-state index contributed by atoms with van der Waals surface area (Å²) in [6.45, 7) is 8.01. The molecule has 0 aliphatic carbocycles. The van der Waals surface area contributed by atoms with E-state index in [1.165, 1.54) is 0 Å². The lowest BCUT2D eigenvalue weighted by Gasteiger charge is -2.18. The fourth-order valence-corrected chi connectivity index (χ4v) is 4.13. The van der Waals surface area contributed by atoms with E-state index in [0.29, 0.717) is 28.6 Å². The number of aliphatic hydroxyl groups is 1. The maximum Gasteiger partial charge on any atom is 0.228 e. The van der Waals surface area contributed by atoms with Gasteiger partial charge in [0.25, 0.3) is 0 Å². The Kier molecular flexibility index (Phi) is 7.08. The van der Waals surface area contributed by atoms with Crippen molar-refractivity contribution in [2.75, 3.05) is 5.32 Å². The van der Waals surface area contributed by atoms with E-state index in [4.69, 9.17) is 4.74 Å². The van der Waals surface area contributed by atoms with Crippen LogP contribution in [0.25, 0.3) is 22.3 Å². The van der Waals surface area contributed by atoms with E-state index < -0.39 is 0 Å². The van der Waals surface area contributed by atoms with E-state index in [9.17, 15) is 9.90 Å². The molecule has 39 heavy (non-hydrogen) atoms. The van der Waals surface area contributed by atoms with Crippen LogP contribution < -0.4 is 10.1 Å². The van der Waals surface area contributed by atoms with E-state index in [-0.39, 0.29) is 24.5 Å². The molecule has 2 aromatic carbocycles. The van der Waals surface area contributed by atoms with Gasteiger partial charge >= 0.3 is 0 Å². The summed E-state index contributed by atoms with van der Waals surface area (Å²) in [6, 6.07) is 13.3. The van der Waals surface area contributed by atoms with Gasteiger partial charge in [0.1, 0.15) is 11.5 Å². The number of aryl methyl sites for hydroxylation is 1. The number of anilines is 1. The number of nitrogens with zero attached hydrogens (tertiary/aromatic N) is 5. The van der Waals surface area contributed by atoms with Gasteiger partial charge in [-0.05, 0) is 69.2 Å². The number of benzene rings is 2. The highest BCUT2D eigenvalue weighted by molar-refractivity contribution is 5.92. The van der Waals surface area contributed by atoms with Crippen LogP contribution in [0.4, 0.5) is 5.69 Å². The van der Waals surface area contributed by atoms with Crippen LogP contribution in [-0.2, 0) is 23.4 Å². The first kappa shape index (κ1) is 26.0. The predicted octanol–water partition coefficient (Wildman–Crippen LogP) is 5.42. The second-order valence-corrected chi connectivity index (χ2v) is 10.4. The Balaban J connectivity index is 1.32. The van der Waals surface area contributed by atoms with Crippen LogP contribution in [0.3, 0.4) is 0 Å². The molecule has 5 aromatic rings. The highest BCUT2D eigenvalue weighted by Gasteiger charge is 2.15. The number of nitrogens with one attached hydrogen (secondary N) is 1. The number of aromatic nitrogens is 5. The summed E-state index contributed by atoms with van der Waals surface area (Å²) < 4.78 is 8.14. The largest absolute Gasteiger partial charge is 0.456 e. The zero-order valence-electron chi connectivity index (χ0n) is 22.3. The molecule has 0 radical (unpaired) electrons. The van der Waals surface area contributed by atoms with Crippen LogP contribution in [0.5, 0.6) is 11.5 Å². The van der Waals surface area contributed by atoms with Gasteiger partial charge in [-0.3, -0.25) is 14.5 Å². The van der Waals surface area contributed by atoms with Crippen molar-refractivity contribution in [2.45, 2.75) is 46.3 Å². The lowest BCUT2D eigenvalue weighted by atomic mass is 10.1. The maximum atomic E-state index is 12.7. The molecule has 2 N–H and O–H groups in total. The number of carbonyl (C=O) groups is 1. The summed E-state index contributed by atoms with van der Waals surface area (Å²) in [4.78, 5) is 25.8. The summed E-state index contributed by atoms with van der Waals surface area (Å²) in [5.41, 5.74) is 4.55. The van der Waals surface area contributed by atoms with Crippen LogP contribution in [0.15, 0.2) is 73.4 Å². The number of aliphatic hydroxyl groups excluding tert-OH is 1. The van der Waals surface area contributed by atoms with E-state index in [1.54, 1.807) is 24.8 Å². The van der Waals surface area contributed by atoms with E-state index >= 15 is 0 Å². The molecule has 0 fully saturated rings. The summed E-state index contributed by atoms with van der Waals surface area (Å²) in [6.07, 6.45) is 8.65. The molecule has 0 bridgehead atoms. The number of pyridine rings is 1. The third-order valence-corrected chi connectivity index (χ3v) is 6.23. The van der Waals surface area contributed by atoms with Gasteiger partial charge in [-0.1, -0.05) is 12.1 Å². The van der Waals surface area contributed by atoms with Crippen LogP contribution in [0.2, 0.25) is 0 Å². The minimum atomic E-state index is -0.155. The quantitative estimate of drug-likeness (QED) is 0.293. The van der Waals surface area contributed by atoms with Crippen LogP contribution in [-0.4, -0.2) is 35.7 Å². The molecule has 5 rings (SSSR count). The second kappa shape index (κ2) is 10.6. The van der Waals surface area contributed by atoms with Gasteiger partial charge in [0.15, 0.2) is 5.82 Å². The Labute approximate surface area is 226 Å². The van der Waals surface area contributed by atoms with Crippen molar-refractivity contribution >= 4 is 22.5 Å². The van der Waals surface area contributed by atoms with Crippen LogP contribution >= 0.6 is 0 Å². The molecule has 3 heterocycles. The van der Waals surface area contributed by atoms with Gasteiger partial charge in [0.2, 0.25) is 5.91 Å². The Morgan fingerprint density at radius 1 is 0.974 bits per heavy atom. The third-order valence-electron chi connectivity index (χ3n) is 6.23. The highest BCUT2D eigenvalue weighted by atomic mass is 16.5. The zero-order valence-corrected chi connectivity index (χ0v) is 22.3. The smallest absolute Gasteiger partial charge is 0.228 e. The van der Waals surface area contributed by atoms with Crippen molar-refractivity contribution in [2.24, 2.45) is 0 Å². The van der Waals surface area contributed by atoms with Gasteiger partial charge in [-0.15, -0.1) is 0 Å². The first-order valence-corrected chi connectivity index (χ1v) is 12.6. The number of hydrogen-bond acceptors (Lipinski definition) is 7. The Hall–Kier alpha value is -4.63. The average Bonchev–Trinajstić information content (AvgIpc) is 3.39. The zero-order chi connectivity index (χ0) is 27.6. The number of fused-ring (bicyclic) bond motifs is 1.